The van der Waals surface area contributed by atoms with E-state index >= 15 is 0 Å². The van der Waals surface area contributed by atoms with Crippen molar-refractivity contribution in [1.82, 2.24) is 0 Å². The molecule has 0 bridgehead atoms. The van der Waals surface area contributed by atoms with Crippen LogP contribution in [0.5, 0.6) is 0 Å². The molecule has 37 heavy (non-hydrogen) atoms. The molecule has 2 heteroatoms. The Morgan fingerprint density at radius 3 is 2.16 bits per heavy atom. The molecule has 0 spiro atoms. The Kier molecular flexibility index (Phi) is 5.41. The second-order valence-corrected chi connectivity index (χ2v) is 10.4. The summed E-state index contributed by atoms with van der Waals surface area (Å²) in [7, 11) is 0. The fourth-order valence-corrected chi connectivity index (χ4v) is 6.18. The lowest BCUT2D eigenvalue weighted by molar-refractivity contribution is 1.26. The molecular weight excluding hydrogens is 514 g/mol. The van der Waals surface area contributed by atoms with Gasteiger partial charge in [0.1, 0.15) is 0 Å². The van der Waals surface area contributed by atoms with Gasteiger partial charge < -0.3 is 4.90 Å². The van der Waals surface area contributed by atoms with E-state index in [1.54, 1.807) is 0 Å². The summed E-state index contributed by atoms with van der Waals surface area (Å²) in [5.74, 6) is 0. The van der Waals surface area contributed by atoms with Crippen LogP contribution in [0.15, 0.2) is 138 Å². The highest BCUT2D eigenvalue weighted by molar-refractivity contribution is 9.10. The Morgan fingerprint density at radius 2 is 1.24 bits per heavy atom. The third-order valence-corrected chi connectivity index (χ3v) is 7.78. The van der Waals surface area contributed by atoms with Gasteiger partial charge in [0.15, 0.2) is 0 Å². The number of hydrogen-bond donors (Lipinski definition) is 0. The van der Waals surface area contributed by atoms with Gasteiger partial charge >= 0.3 is 0 Å². The van der Waals surface area contributed by atoms with Crippen molar-refractivity contribution in [3.05, 3.63) is 149 Å². The van der Waals surface area contributed by atoms with Crippen molar-refractivity contribution in [2.24, 2.45) is 0 Å². The van der Waals surface area contributed by atoms with E-state index in [0.717, 1.165) is 22.3 Å². The highest BCUT2D eigenvalue weighted by atomic mass is 79.9. The minimum Gasteiger partial charge on any atom is -0.310 e. The molecule has 0 fully saturated rings. The predicted molar refractivity (Wildman–Crippen MR) is 160 cm³/mol. The topological polar surface area (TPSA) is 3.24 Å². The van der Waals surface area contributed by atoms with Crippen LogP contribution in [0, 0.1) is 0 Å². The van der Waals surface area contributed by atoms with Gasteiger partial charge in [0.05, 0.1) is 5.69 Å². The zero-order valence-electron chi connectivity index (χ0n) is 20.2. The maximum absolute atomic E-state index is 3.86. The van der Waals surface area contributed by atoms with Crippen LogP contribution in [0.2, 0.25) is 0 Å². The first kappa shape index (κ1) is 22.1. The smallest absolute Gasteiger partial charge is 0.0540 e. The average molecular weight is 538 g/mol. The van der Waals surface area contributed by atoms with Gasteiger partial charge in [-0.3, -0.25) is 0 Å². The summed E-state index contributed by atoms with van der Waals surface area (Å²) >= 11 is 3.86. The summed E-state index contributed by atoms with van der Waals surface area (Å²) in [6.45, 7) is 0. The van der Waals surface area contributed by atoms with Crippen LogP contribution < -0.4 is 4.90 Å². The molecule has 0 amide bonds. The second-order valence-electron chi connectivity index (χ2n) is 9.53. The third kappa shape index (κ3) is 3.85. The normalized spacial score (nSPS) is 11.8. The number of nitrogens with zero attached hydrogens (tertiary/aromatic N) is 1. The van der Waals surface area contributed by atoms with Crippen molar-refractivity contribution >= 4 is 43.8 Å². The van der Waals surface area contributed by atoms with E-state index in [-0.39, 0.29) is 0 Å². The van der Waals surface area contributed by atoms with E-state index in [2.05, 4.69) is 154 Å². The van der Waals surface area contributed by atoms with Crippen molar-refractivity contribution in [2.45, 2.75) is 6.42 Å². The molecule has 0 N–H and O–H groups in total. The molecule has 1 nitrogen and oxygen atoms in total. The average Bonchev–Trinajstić information content (AvgIpc) is 3.33. The van der Waals surface area contributed by atoms with Crippen molar-refractivity contribution in [3.8, 4) is 22.3 Å². The van der Waals surface area contributed by atoms with Crippen LogP contribution >= 0.6 is 15.9 Å². The molecular formula is C35H24BrN. The summed E-state index contributed by atoms with van der Waals surface area (Å²) in [5, 5.41) is 2.46. The first-order valence-corrected chi connectivity index (χ1v) is 13.4. The van der Waals surface area contributed by atoms with Gasteiger partial charge in [-0.2, -0.15) is 0 Å². The van der Waals surface area contributed by atoms with E-state index in [9.17, 15) is 0 Å². The summed E-state index contributed by atoms with van der Waals surface area (Å²) in [5.41, 5.74) is 11.5. The Balaban J connectivity index is 1.43. The number of rotatable bonds is 4. The first-order valence-electron chi connectivity index (χ1n) is 12.6. The van der Waals surface area contributed by atoms with Gasteiger partial charge in [0, 0.05) is 21.2 Å². The van der Waals surface area contributed by atoms with Crippen molar-refractivity contribution in [1.29, 1.82) is 0 Å². The van der Waals surface area contributed by atoms with Crippen LogP contribution in [0.1, 0.15) is 11.1 Å². The van der Waals surface area contributed by atoms with Gasteiger partial charge in [0.25, 0.3) is 0 Å². The minimum atomic E-state index is 0.968. The Hall–Kier alpha value is -4.14. The summed E-state index contributed by atoms with van der Waals surface area (Å²) < 4.78 is 1.06. The van der Waals surface area contributed by atoms with Gasteiger partial charge in [-0.25, -0.2) is 0 Å². The highest BCUT2D eigenvalue weighted by Gasteiger charge is 2.22. The van der Waals surface area contributed by atoms with Crippen LogP contribution in [-0.2, 0) is 6.42 Å². The van der Waals surface area contributed by atoms with E-state index in [1.807, 2.05) is 0 Å². The maximum atomic E-state index is 3.86. The molecule has 7 rings (SSSR count). The van der Waals surface area contributed by atoms with Crippen LogP contribution in [0.3, 0.4) is 0 Å². The molecule has 176 valence electrons. The molecule has 1 aliphatic carbocycles. The fraction of sp³-hybridized carbons (Fsp3) is 0.0286. The van der Waals surface area contributed by atoms with Crippen LogP contribution in [0.4, 0.5) is 17.1 Å². The number of para-hydroxylation sites is 1. The number of halogens is 1. The molecule has 1 aliphatic rings. The quantitative estimate of drug-likeness (QED) is 0.216. The summed E-state index contributed by atoms with van der Waals surface area (Å²) in [6, 6.07) is 48.1. The van der Waals surface area contributed by atoms with E-state index in [1.165, 1.54) is 49.8 Å². The van der Waals surface area contributed by atoms with Crippen molar-refractivity contribution < 1.29 is 0 Å². The molecule has 6 aromatic carbocycles. The van der Waals surface area contributed by atoms with E-state index in [0.29, 0.717) is 0 Å². The molecule has 0 aromatic heterocycles. The zero-order chi connectivity index (χ0) is 24.8. The fourth-order valence-electron chi connectivity index (χ4n) is 5.69. The number of fused-ring (bicyclic) bond motifs is 4. The van der Waals surface area contributed by atoms with Crippen molar-refractivity contribution in [2.75, 3.05) is 4.90 Å². The SMILES string of the molecule is Brc1cc(-c2cccc3c2Cc2ccccc2-3)cc(N(c2ccccc2)c2cccc3ccccc23)c1. The van der Waals surface area contributed by atoms with Gasteiger partial charge in [-0.15, -0.1) is 0 Å². The molecule has 6 aromatic rings. The lowest BCUT2D eigenvalue weighted by Crippen LogP contribution is -2.10. The van der Waals surface area contributed by atoms with Gasteiger partial charge in [-0.1, -0.05) is 113 Å². The molecule has 0 radical (unpaired) electrons. The van der Waals surface area contributed by atoms with E-state index < -0.39 is 0 Å². The third-order valence-electron chi connectivity index (χ3n) is 7.32. The largest absolute Gasteiger partial charge is 0.310 e. The zero-order valence-corrected chi connectivity index (χ0v) is 21.8. The minimum absolute atomic E-state index is 0.968. The Bertz CT molecular complexity index is 1770. The summed E-state index contributed by atoms with van der Waals surface area (Å²) in [4.78, 5) is 2.37. The van der Waals surface area contributed by atoms with E-state index in [4.69, 9.17) is 0 Å². The van der Waals surface area contributed by atoms with Gasteiger partial charge in [0.2, 0.25) is 0 Å². The summed E-state index contributed by atoms with van der Waals surface area (Å²) in [6.07, 6.45) is 0.968. The standard InChI is InChI=1S/C35H24BrN/c36-27-20-26(31-17-9-18-33-30-15-6-5-11-25(30)22-34(31)33)21-29(23-27)37(28-13-2-1-3-14-28)35-19-8-12-24-10-4-7-16-32(24)35/h1-21,23H,22H2. The molecule has 0 heterocycles. The molecule has 0 aliphatic heterocycles. The number of anilines is 3. The van der Waals surface area contributed by atoms with Crippen LogP contribution in [-0.4, -0.2) is 0 Å². The second kappa shape index (κ2) is 9.06. The number of hydrogen-bond acceptors (Lipinski definition) is 1. The van der Waals surface area contributed by atoms with Gasteiger partial charge in [-0.05, 0) is 81.6 Å². The Morgan fingerprint density at radius 1 is 0.541 bits per heavy atom. The monoisotopic (exact) mass is 537 g/mol. The molecule has 0 atom stereocenters. The lowest BCUT2D eigenvalue weighted by atomic mass is 9.95. The predicted octanol–water partition coefficient (Wildman–Crippen LogP) is 10.3. The molecule has 0 unspecified atom stereocenters. The first-order chi connectivity index (χ1) is 18.3. The van der Waals surface area contributed by atoms with Crippen molar-refractivity contribution in [3.63, 3.8) is 0 Å². The molecule has 0 saturated carbocycles. The lowest BCUT2D eigenvalue weighted by Gasteiger charge is -2.27. The Labute approximate surface area is 225 Å². The number of benzene rings is 6. The van der Waals surface area contributed by atoms with Crippen LogP contribution in [0.25, 0.3) is 33.0 Å². The highest BCUT2D eigenvalue weighted by Crippen LogP contribution is 2.45. The molecule has 0 saturated heterocycles. The maximum Gasteiger partial charge on any atom is 0.0540 e.